The van der Waals surface area contributed by atoms with Crippen LogP contribution in [0.15, 0.2) is 0 Å². The zero-order chi connectivity index (χ0) is 11.1. The van der Waals surface area contributed by atoms with Gasteiger partial charge in [0.1, 0.15) is 0 Å². The predicted molar refractivity (Wildman–Crippen MR) is 64.2 cm³/mol. The molecule has 15 heavy (non-hydrogen) atoms. The minimum atomic E-state index is 0.430. The van der Waals surface area contributed by atoms with Crippen molar-refractivity contribution in [2.24, 2.45) is 0 Å². The van der Waals surface area contributed by atoms with Gasteiger partial charge in [-0.25, -0.2) is 0 Å². The molecule has 0 aromatic heterocycles. The highest BCUT2D eigenvalue weighted by molar-refractivity contribution is 4.83. The van der Waals surface area contributed by atoms with E-state index in [0.29, 0.717) is 12.1 Å². The summed E-state index contributed by atoms with van der Waals surface area (Å²) in [6.45, 7) is 5.65. The molecule has 2 atom stereocenters. The molecule has 0 radical (unpaired) electrons. The van der Waals surface area contributed by atoms with Crippen molar-refractivity contribution >= 4 is 0 Å². The van der Waals surface area contributed by atoms with E-state index in [4.69, 9.17) is 4.74 Å². The lowest BCUT2D eigenvalue weighted by atomic mass is 10.2. The van der Waals surface area contributed by atoms with E-state index in [-0.39, 0.29) is 0 Å². The molecule has 0 aromatic rings. The topological polar surface area (TPSA) is 24.5 Å². The van der Waals surface area contributed by atoms with Crippen LogP contribution in [-0.2, 0) is 4.74 Å². The molecule has 1 N–H and O–H groups in total. The molecule has 90 valence electrons. The minimum absolute atomic E-state index is 0.430. The van der Waals surface area contributed by atoms with Crippen molar-refractivity contribution < 1.29 is 4.74 Å². The van der Waals surface area contributed by atoms with Crippen LogP contribution in [0.25, 0.3) is 0 Å². The lowest BCUT2D eigenvalue weighted by molar-refractivity contribution is 0.116. The number of hydrogen-bond donors (Lipinski definition) is 1. The Balaban J connectivity index is 2.07. The number of unbranched alkanes of at least 4 members (excludes halogenated alkanes) is 2. The Morgan fingerprint density at radius 1 is 1.40 bits per heavy atom. The van der Waals surface area contributed by atoms with Crippen LogP contribution in [0.2, 0.25) is 0 Å². The van der Waals surface area contributed by atoms with Crippen molar-refractivity contribution in [1.29, 1.82) is 0 Å². The molecule has 1 saturated heterocycles. The fourth-order valence-electron chi connectivity index (χ4n) is 2.20. The molecule has 1 fully saturated rings. The van der Waals surface area contributed by atoms with Crippen molar-refractivity contribution in [3.8, 4) is 0 Å². The van der Waals surface area contributed by atoms with E-state index in [2.05, 4.69) is 24.2 Å². The van der Waals surface area contributed by atoms with Crippen molar-refractivity contribution in [2.45, 2.75) is 44.8 Å². The molecule has 0 saturated carbocycles. The molecular formula is C12H26N2O. The fraction of sp³-hybridized carbons (Fsp3) is 1.00. The summed E-state index contributed by atoms with van der Waals surface area (Å²) in [5.41, 5.74) is 0. The van der Waals surface area contributed by atoms with Crippen molar-refractivity contribution in [1.82, 2.24) is 10.2 Å². The fourth-order valence-corrected chi connectivity index (χ4v) is 2.20. The van der Waals surface area contributed by atoms with Gasteiger partial charge in [0.25, 0.3) is 0 Å². The number of nitrogens with zero attached hydrogens (tertiary/aromatic N) is 1. The highest BCUT2D eigenvalue weighted by atomic mass is 16.5. The smallest absolute Gasteiger partial charge is 0.0711 e. The Labute approximate surface area is 94.2 Å². The zero-order valence-corrected chi connectivity index (χ0v) is 10.5. The summed E-state index contributed by atoms with van der Waals surface area (Å²) in [5.74, 6) is 0. The quantitative estimate of drug-likeness (QED) is 0.650. The lowest BCUT2D eigenvalue weighted by Crippen LogP contribution is -2.35. The maximum atomic E-state index is 5.34. The van der Waals surface area contributed by atoms with Gasteiger partial charge in [0.05, 0.1) is 6.10 Å². The molecule has 1 aliphatic heterocycles. The summed E-state index contributed by atoms with van der Waals surface area (Å²) in [7, 11) is 4.02. The second kappa shape index (κ2) is 7.20. The third-order valence-electron chi connectivity index (χ3n) is 3.19. The van der Waals surface area contributed by atoms with E-state index in [1.807, 2.05) is 0 Å². The molecule has 0 spiro atoms. The Kier molecular flexibility index (Phi) is 6.22. The van der Waals surface area contributed by atoms with Crippen LogP contribution in [0.5, 0.6) is 0 Å². The molecule has 1 heterocycles. The van der Waals surface area contributed by atoms with Crippen LogP contribution in [0.4, 0.5) is 0 Å². The van der Waals surface area contributed by atoms with E-state index < -0.39 is 0 Å². The summed E-state index contributed by atoms with van der Waals surface area (Å²) in [4.78, 5) is 2.44. The Bertz CT molecular complexity index is 164. The van der Waals surface area contributed by atoms with Gasteiger partial charge in [-0.2, -0.15) is 0 Å². The predicted octanol–water partition coefficient (Wildman–Crippen LogP) is 1.49. The van der Waals surface area contributed by atoms with Gasteiger partial charge in [0.15, 0.2) is 0 Å². The summed E-state index contributed by atoms with van der Waals surface area (Å²) >= 11 is 0. The summed E-state index contributed by atoms with van der Waals surface area (Å²) in [6, 6.07) is 0.626. The highest BCUT2D eigenvalue weighted by Gasteiger charge is 2.24. The van der Waals surface area contributed by atoms with Gasteiger partial charge >= 0.3 is 0 Å². The molecule has 3 nitrogen and oxygen atoms in total. The van der Waals surface area contributed by atoms with Crippen LogP contribution < -0.4 is 5.32 Å². The first-order valence-corrected chi connectivity index (χ1v) is 6.21. The van der Waals surface area contributed by atoms with E-state index in [0.717, 1.165) is 19.5 Å². The number of ether oxygens (including phenoxy) is 1. The Hall–Kier alpha value is -0.120. The van der Waals surface area contributed by atoms with Gasteiger partial charge < -0.3 is 15.0 Å². The maximum absolute atomic E-state index is 5.34. The van der Waals surface area contributed by atoms with Gasteiger partial charge in [-0.1, -0.05) is 19.8 Å². The largest absolute Gasteiger partial charge is 0.380 e. The zero-order valence-electron chi connectivity index (χ0n) is 10.5. The van der Waals surface area contributed by atoms with Gasteiger partial charge in [-0.3, -0.25) is 0 Å². The number of rotatable bonds is 7. The van der Waals surface area contributed by atoms with Crippen LogP contribution in [0.3, 0.4) is 0 Å². The normalized spacial score (nSPS) is 26.4. The van der Waals surface area contributed by atoms with Gasteiger partial charge in [0, 0.05) is 26.2 Å². The van der Waals surface area contributed by atoms with Gasteiger partial charge in [0.2, 0.25) is 0 Å². The second-order valence-corrected chi connectivity index (χ2v) is 4.67. The molecule has 3 heteroatoms. The Morgan fingerprint density at radius 3 is 2.80 bits per heavy atom. The van der Waals surface area contributed by atoms with Crippen LogP contribution in [-0.4, -0.2) is 50.8 Å². The molecule has 2 unspecified atom stereocenters. The number of likely N-dealkylation sites (N-methyl/N-ethyl adjacent to an activating group) is 1. The SMILES string of the molecule is CCCCCN(C)CC1CC(OC)CN1. The number of methoxy groups -OCH3 is 1. The molecule has 1 rings (SSSR count). The number of hydrogen-bond acceptors (Lipinski definition) is 3. The average Bonchev–Trinajstić information content (AvgIpc) is 2.66. The van der Waals surface area contributed by atoms with Crippen LogP contribution >= 0.6 is 0 Å². The van der Waals surface area contributed by atoms with Crippen molar-refractivity contribution in [3.63, 3.8) is 0 Å². The van der Waals surface area contributed by atoms with Crippen LogP contribution in [0, 0.1) is 0 Å². The van der Waals surface area contributed by atoms with E-state index in [9.17, 15) is 0 Å². The van der Waals surface area contributed by atoms with Crippen LogP contribution in [0.1, 0.15) is 32.6 Å². The highest BCUT2D eigenvalue weighted by Crippen LogP contribution is 2.10. The first-order chi connectivity index (χ1) is 7.26. The summed E-state index contributed by atoms with van der Waals surface area (Å²) < 4.78 is 5.34. The maximum Gasteiger partial charge on any atom is 0.0711 e. The Morgan fingerprint density at radius 2 is 2.20 bits per heavy atom. The molecule has 0 amide bonds. The van der Waals surface area contributed by atoms with E-state index in [1.54, 1.807) is 7.11 Å². The third kappa shape index (κ3) is 4.96. The first-order valence-electron chi connectivity index (χ1n) is 6.21. The summed E-state index contributed by atoms with van der Waals surface area (Å²) in [6.07, 6.45) is 5.57. The monoisotopic (exact) mass is 214 g/mol. The molecule has 1 aliphatic rings. The summed E-state index contributed by atoms with van der Waals surface area (Å²) in [5, 5.41) is 3.51. The van der Waals surface area contributed by atoms with Crippen molar-refractivity contribution in [3.05, 3.63) is 0 Å². The molecular weight excluding hydrogens is 188 g/mol. The lowest BCUT2D eigenvalue weighted by Gasteiger charge is -2.20. The minimum Gasteiger partial charge on any atom is -0.380 e. The number of nitrogens with one attached hydrogen (secondary N) is 1. The second-order valence-electron chi connectivity index (χ2n) is 4.67. The van der Waals surface area contributed by atoms with E-state index >= 15 is 0 Å². The molecule has 0 aliphatic carbocycles. The van der Waals surface area contributed by atoms with Gasteiger partial charge in [-0.05, 0) is 26.4 Å². The van der Waals surface area contributed by atoms with Gasteiger partial charge in [-0.15, -0.1) is 0 Å². The van der Waals surface area contributed by atoms with E-state index in [1.165, 1.54) is 25.8 Å². The third-order valence-corrected chi connectivity index (χ3v) is 3.19. The standard InChI is InChI=1S/C12H26N2O/c1-4-5-6-7-14(2)10-11-8-12(15-3)9-13-11/h11-13H,4-10H2,1-3H3. The van der Waals surface area contributed by atoms with Crippen molar-refractivity contribution in [2.75, 3.05) is 33.8 Å². The first kappa shape index (κ1) is 12.9. The average molecular weight is 214 g/mol. The molecule has 0 aromatic carbocycles. The molecule has 0 bridgehead atoms.